The van der Waals surface area contributed by atoms with Crippen LogP contribution in [0.5, 0.6) is 0 Å². The zero-order chi connectivity index (χ0) is 21.7. The van der Waals surface area contributed by atoms with Gasteiger partial charge in [-0.25, -0.2) is 4.39 Å². The predicted molar refractivity (Wildman–Crippen MR) is 117 cm³/mol. The monoisotopic (exact) mass is 434 g/mol. The quantitative estimate of drug-likeness (QED) is 0.715. The van der Waals surface area contributed by atoms with Crippen molar-refractivity contribution < 1.29 is 14.0 Å². The van der Waals surface area contributed by atoms with Crippen LogP contribution in [0.2, 0.25) is 0 Å². The third-order valence-electron chi connectivity index (χ3n) is 9.09. The van der Waals surface area contributed by atoms with Crippen molar-refractivity contribution in [3.8, 4) is 0 Å². The molecule has 4 heterocycles. The van der Waals surface area contributed by atoms with E-state index in [1.165, 1.54) is 12.8 Å². The topological polar surface area (TPSA) is 64.7 Å². The van der Waals surface area contributed by atoms with E-state index in [0.29, 0.717) is 36.9 Å². The normalized spacial score (nSPS) is 45.4. The van der Waals surface area contributed by atoms with Crippen LogP contribution < -0.4 is 10.6 Å². The Balaban J connectivity index is 1.16. The Morgan fingerprint density at radius 3 is 2.48 bits per heavy atom. The number of alkyl halides is 1. The van der Waals surface area contributed by atoms with Crippen LogP contribution in [0.1, 0.15) is 71.6 Å². The molecule has 4 aliphatic heterocycles. The minimum absolute atomic E-state index is 0.00766. The number of piperidine rings is 2. The van der Waals surface area contributed by atoms with E-state index in [1.54, 1.807) is 6.92 Å². The van der Waals surface area contributed by atoms with Gasteiger partial charge in [0.2, 0.25) is 11.8 Å². The molecule has 0 aromatic rings. The largest absolute Gasteiger partial charge is 0.352 e. The number of nitrogens with zero attached hydrogens (tertiary/aromatic N) is 2. The average Bonchev–Trinajstić information content (AvgIpc) is 3.24. The summed E-state index contributed by atoms with van der Waals surface area (Å²) < 4.78 is 14.4. The first kappa shape index (κ1) is 21.6. The summed E-state index contributed by atoms with van der Waals surface area (Å²) in [6.07, 6.45) is 8.06. The van der Waals surface area contributed by atoms with E-state index in [-0.39, 0.29) is 35.9 Å². The number of hydrogen-bond acceptors (Lipinski definition) is 4. The molecule has 0 aromatic carbocycles. The fourth-order valence-corrected chi connectivity index (χ4v) is 7.39. The molecule has 7 heteroatoms. The number of hydrogen-bond donors (Lipinski definition) is 2. The maximum absolute atomic E-state index is 14.4. The maximum Gasteiger partial charge on any atom is 0.237 e. The molecule has 0 spiro atoms. The molecule has 0 aromatic heterocycles. The van der Waals surface area contributed by atoms with Gasteiger partial charge in [-0.15, -0.1) is 0 Å². The summed E-state index contributed by atoms with van der Waals surface area (Å²) in [5, 5.41) is 6.80. The van der Waals surface area contributed by atoms with E-state index in [1.807, 2.05) is 0 Å². The van der Waals surface area contributed by atoms with Gasteiger partial charge in [-0.3, -0.25) is 14.5 Å². The zero-order valence-electron chi connectivity index (χ0n) is 19.1. The molecule has 6 rings (SSSR count). The summed E-state index contributed by atoms with van der Waals surface area (Å²) in [6, 6.07) is 1.43. The summed E-state index contributed by atoms with van der Waals surface area (Å²) in [5.74, 6) is 0.713. The number of rotatable bonds is 3. The molecule has 9 atom stereocenters. The molecule has 174 valence electrons. The van der Waals surface area contributed by atoms with Gasteiger partial charge < -0.3 is 15.5 Å². The second-order valence-electron chi connectivity index (χ2n) is 11.0. The highest BCUT2D eigenvalue weighted by Gasteiger charge is 2.47. The Morgan fingerprint density at radius 1 is 0.968 bits per heavy atom. The number of nitrogens with one attached hydrogen (secondary N) is 2. The number of carbonyl (C=O) groups excluding carboxylic acids is 2. The fourth-order valence-electron chi connectivity index (χ4n) is 7.39. The molecule has 31 heavy (non-hydrogen) atoms. The first-order chi connectivity index (χ1) is 14.9. The lowest BCUT2D eigenvalue weighted by atomic mass is 9.77. The van der Waals surface area contributed by atoms with Gasteiger partial charge in [0.15, 0.2) is 0 Å². The van der Waals surface area contributed by atoms with Gasteiger partial charge >= 0.3 is 0 Å². The van der Waals surface area contributed by atoms with Crippen molar-refractivity contribution in [1.29, 1.82) is 0 Å². The van der Waals surface area contributed by atoms with Crippen molar-refractivity contribution in [3.63, 3.8) is 0 Å². The molecule has 2 amide bonds. The minimum Gasteiger partial charge on any atom is -0.352 e. The Hall–Kier alpha value is -1.21. The molecule has 6 fully saturated rings. The number of halogens is 1. The van der Waals surface area contributed by atoms with E-state index in [2.05, 4.69) is 27.4 Å². The minimum atomic E-state index is -0.769. The van der Waals surface area contributed by atoms with Crippen LogP contribution in [0.25, 0.3) is 0 Å². The van der Waals surface area contributed by atoms with Crippen molar-refractivity contribution in [2.75, 3.05) is 13.1 Å². The number of piperazine rings is 1. The Kier molecular flexibility index (Phi) is 6.01. The van der Waals surface area contributed by atoms with Crippen LogP contribution in [0, 0.1) is 11.8 Å². The van der Waals surface area contributed by atoms with Gasteiger partial charge in [0.05, 0.1) is 6.04 Å². The van der Waals surface area contributed by atoms with E-state index in [0.717, 1.165) is 45.2 Å². The second-order valence-corrected chi connectivity index (χ2v) is 11.0. The third kappa shape index (κ3) is 4.12. The second kappa shape index (κ2) is 8.62. The highest BCUT2D eigenvalue weighted by atomic mass is 19.1. The molecular formula is C24H39FN4O2. The van der Waals surface area contributed by atoms with Crippen LogP contribution >= 0.6 is 0 Å². The predicted octanol–water partition coefficient (Wildman–Crippen LogP) is 2.22. The summed E-state index contributed by atoms with van der Waals surface area (Å²) in [6.45, 7) is 5.72. The fraction of sp³-hybridized carbons (Fsp3) is 0.917. The standard InChI is InChI=1S/C24H39FN4O2/c1-14-6-9-21(25)20-11-22(27-23(14)20)24(31)26-16-4-3-5-17(10-16)29-13-18-7-8-19(29)12-28(18)15(2)30/h14,16-23,27H,3-13H2,1-2H3,(H,26,31)/t14?,16-,17-,18?,19?,20?,21?,22?,23?/m1/s1. The molecular weight excluding hydrogens is 395 g/mol. The molecule has 2 bridgehead atoms. The van der Waals surface area contributed by atoms with Gasteiger partial charge in [-0.05, 0) is 63.7 Å². The lowest BCUT2D eigenvalue weighted by molar-refractivity contribution is -0.141. The average molecular weight is 435 g/mol. The molecule has 0 radical (unpaired) electrons. The summed E-state index contributed by atoms with van der Waals surface area (Å²) in [4.78, 5) is 29.7. The van der Waals surface area contributed by atoms with Gasteiger partial charge in [0, 0.05) is 56.1 Å². The van der Waals surface area contributed by atoms with Crippen LogP contribution in [0.3, 0.4) is 0 Å². The molecule has 6 nitrogen and oxygen atoms in total. The van der Waals surface area contributed by atoms with E-state index in [4.69, 9.17) is 0 Å². The van der Waals surface area contributed by atoms with Gasteiger partial charge in [0.25, 0.3) is 0 Å². The number of fused-ring (bicyclic) bond motifs is 4. The maximum atomic E-state index is 14.4. The van der Waals surface area contributed by atoms with Gasteiger partial charge in [-0.1, -0.05) is 6.92 Å². The molecule has 2 aliphatic carbocycles. The third-order valence-corrected chi connectivity index (χ3v) is 9.09. The van der Waals surface area contributed by atoms with E-state index < -0.39 is 6.17 Å². The van der Waals surface area contributed by atoms with Crippen molar-refractivity contribution in [2.24, 2.45) is 11.8 Å². The van der Waals surface area contributed by atoms with Crippen LogP contribution in [-0.4, -0.2) is 77.1 Å². The van der Waals surface area contributed by atoms with Crippen LogP contribution in [-0.2, 0) is 9.59 Å². The highest BCUT2D eigenvalue weighted by molar-refractivity contribution is 5.82. The molecule has 7 unspecified atom stereocenters. The van der Waals surface area contributed by atoms with Crippen molar-refractivity contribution in [2.45, 2.75) is 114 Å². The first-order valence-electron chi connectivity index (χ1n) is 12.6. The van der Waals surface area contributed by atoms with E-state index in [9.17, 15) is 14.0 Å². The number of carbonyl (C=O) groups is 2. The smallest absolute Gasteiger partial charge is 0.237 e. The Labute approximate surface area is 185 Å². The summed E-state index contributed by atoms with van der Waals surface area (Å²) >= 11 is 0. The molecule has 2 saturated carbocycles. The lowest BCUT2D eigenvalue weighted by Gasteiger charge is -2.54. The zero-order valence-corrected chi connectivity index (χ0v) is 19.1. The SMILES string of the molecule is CC(=O)N1CC2CCC1CN2[C@@H]1CCC[C@@H](NC(=O)C2CC3C(F)CCC(C)C3N2)C1. The van der Waals surface area contributed by atoms with Gasteiger partial charge in [-0.2, -0.15) is 0 Å². The summed E-state index contributed by atoms with van der Waals surface area (Å²) in [5.41, 5.74) is 0. The van der Waals surface area contributed by atoms with Gasteiger partial charge in [0.1, 0.15) is 6.17 Å². The molecule has 4 saturated heterocycles. The summed E-state index contributed by atoms with van der Waals surface area (Å²) in [7, 11) is 0. The highest BCUT2D eigenvalue weighted by Crippen LogP contribution is 2.39. The van der Waals surface area contributed by atoms with E-state index >= 15 is 0 Å². The lowest BCUT2D eigenvalue weighted by Crippen LogP contribution is -2.66. The Bertz CT molecular complexity index is 687. The van der Waals surface area contributed by atoms with Crippen LogP contribution in [0.15, 0.2) is 0 Å². The van der Waals surface area contributed by atoms with Crippen molar-refractivity contribution in [3.05, 3.63) is 0 Å². The Morgan fingerprint density at radius 2 is 1.77 bits per heavy atom. The van der Waals surface area contributed by atoms with Crippen LogP contribution in [0.4, 0.5) is 4.39 Å². The molecule has 2 N–H and O–H groups in total. The first-order valence-corrected chi connectivity index (χ1v) is 12.6. The molecule has 6 aliphatic rings. The van der Waals surface area contributed by atoms with Crippen molar-refractivity contribution >= 4 is 11.8 Å². The number of amides is 2. The van der Waals surface area contributed by atoms with Crippen molar-refractivity contribution in [1.82, 2.24) is 20.4 Å².